The Balaban J connectivity index is 1.49. The summed E-state index contributed by atoms with van der Waals surface area (Å²) in [7, 11) is -1.92. The first-order valence-electron chi connectivity index (χ1n) is 10.8. The van der Waals surface area contributed by atoms with Crippen LogP contribution in [0, 0.1) is 6.92 Å². The van der Waals surface area contributed by atoms with Crippen LogP contribution >= 0.6 is 0 Å². The second-order valence-corrected chi connectivity index (χ2v) is 9.78. The number of hydrogen-bond acceptors (Lipinski definition) is 6. The van der Waals surface area contributed by atoms with Crippen molar-refractivity contribution in [2.45, 2.75) is 18.7 Å². The second kappa shape index (κ2) is 10.8. The fourth-order valence-corrected chi connectivity index (χ4v) is 4.91. The van der Waals surface area contributed by atoms with Gasteiger partial charge in [-0.3, -0.25) is 14.6 Å². The normalized spacial score (nSPS) is 15.1. The summed E-state index contributed by atoms with van der Waals surface area (Å²) in [5.74, 6) is -0.184. The van der Waals surface area contributed by atoms with Crippen molar-refractivity contribution in [3.05, 3.63) is 54.1 Å². The van der Waals surface area contributed by atoms with Crippen molar-refractivity contribution in [2.24, 2.45) is 0 Å². The average molecular weight is 475 g/mol. The molecule has 1 N–H and O–H groups in total. The van der Waals surface area contributed by atoms with Crippen LogP contribution in [0.5, 0.6) is 0 Å². The van der Waals surface area contributed by atoms with Gasteiger partial charge in [0.15, 0.2) is 0 Å². The molecule has 10 heteroatoms. The van der Waals surface area contributed by atoms with Gasteiger partial charge in [0, 0.05) is 44.6 Å². The van der Waals surface area contributed by atoms with E-state index in [1.54, 1.807) is 62.5 Å². The summed E-state index contributed by atoms with van der Waals surface area (Å²) in [4.78, 5) is 27.9. The lowest BCUT2D eigenvalue weighted by molar-refractivity contribution is -0.117. The number of rotatable bonds is 7. The van der Waals surface area contributed by atoms with Crippen LogP contribution in [0.4, 0.5) is 16.2 Å². The SMILES string of the molecule is CCOC(=O)N(C)c1ccc(NC(=O)CN2CCN(S(=O)(=O)c3ccc(C)cc3)CC2)cc1. The van der Waals surface area contributed by atoms with Crippen molar-refractivity contribution >= 4 is 33.4 Å². The molecule has 2 aromatic carbocycles. The number of piperazine rings is 1. The van der Waals surface area contributed by atoms with E-state index in [2.05, 4.69) is 5.32 Å². The summed E-state index contributed by atoms with van der Waals surface area (Å²) in [6.07, 6.45) is -0.446. The number of benzene rings is 2. The molecule has 9 nitrogen and oxygen atoms in total. The summed E-state index contributed by atoms with van der Waals surface area (Å²) in [5, 5.41) is 2.84. The van der Waals surface area contributed by atoms with E-state index in [1.807, 2.05) is 11.8 Å². The summed E-state index contributed by atoms with van der Waals surface area (Å²) in [6, 6.07) is 13.7. The molecule has 0 atom stereocenters. The number of carbonyl (C=O) groups excluding carboxylic acids is 2. The van der Waals surface area contributed by atoms with Gasteiger partial charge in [0.05, 0.1) is 18.0 Å². The Morgan fingerprint density at radius 3 is 2.18 bits per heavy atom. The van der Waals surface area contributed by atoms with Crippen LogP contribution in [0.15, 0.2) is 53.4 Å². The van der Waals surface area contributed by atoms with Crippen molar-refractivity contribution in [1.82, 2.24) is 9.21 Å². The zero-order valence-corrected chi connectivity index (χ0v) is 20.0. The number of hydrogen-bond donors (Lipinski definition) is 1. The number of ether oxygens (including phenoxy) is 1. The molecule has 178 valence electrons. The predicted octanol–water partition coefficient (Wildman–Crippen LogP) is 2.53. The number of nitrogens with zero attached hydrogens (tertiary/aromatic N) is 3. The standard InChI is InChI=1S/C23H30N4O5S/c1-4-32-23(29)25(3)20-9-7-19(8-10-20)24-22(28)17-26-13-15-27(16-14-26)33(30,31)21-11-5-18(2)6-12-21/h5-12H,4,13-17H2,1-3H3,(H,24,28). The molecule has 0 saturated carbocycles. The average Bonchev–Trinajstić information content (AvgIpc) is 2.80. The van der Waals surface area contributed by atoms with E-state index in [4.69, 9.17) is 4.74 Å². The highest BCUT2D eigenvalue weighted by Crippen LogP contribution is 2.19. The van der Waals surface area contributed by atoms with Gasteiger partial charge in [-0.1, -0.05) is 17.7 Å². The van der Waals surface area contributed by atoms with E-state index in [0.29, 0.717) is 44.2 Å². The van der Waals surface area contributed by atoms with E-state index >= 15 is 0 Å². The van der Waals surface area contributed by atoms with Crippen LogP contribution in [-0.2, 0) is 19.6 Å². The molecule has 0 bridgehead atoms. The fourth-order valence-electron chi connectivity index (χ4n) is 3.48. The molecule has 0 spiro atoms. The van der Waals surface area contributed by atoms with Gasteiger partial charge in [-0.05, 0) is 50.2 Å². The summed E-state index contributed by atoms with van der Waals surface area (Å²) in [6.45, 7) is 5.73. The highest BCUT2D eigenvalue weighted by Gasteiger charge is 2.29. The number of carbonyl (C=O) groups is 2. The predicted molar refractivity (Wildman–Crippen MR) is 127 cm³/mol. The number of sulfonamides is 1. The maximum absolute atomic E-state index is 12.8. The smallest absolute Gasteiger partial charge is 0.413 e. The lowest BCUT2D eigenvalue weighted by Gasteiger charge is -2.33. The molecule has 1 aliphatic rings. The van der Waals surface area contributed by atoms with Gasteiger partial charge in [-0.25, -0.2) is 13.2 Å². The Morgan fingerprint density at radius 1 is 1.00 bits per heavy atom. The summed E-state index contributed by atoms with van der Waals surface area (Å²) < 4.78 is 32.1. The highest BCUT2D eigenvalue weighted by atomic mass is 32.2. The first kappa shape index (κ1) is 24.7. The van der Waals surface area contributed by atoms with Crippen LogP contribution < -0.4 is 10.2 Å². The van der Waals surface area contributed by atoms with Gasteiger partial charge < -0.3 is 10.1 Å². The molecule has 33 heavy (non-hydrogen) atoms. The third kappa shape index (κ3) is 6.31. The molecule has 1 fully saturated rings. The van der Waals surface area contributed by atoms with Crippen LogP contribution in [0.2, 0.25) is 0 Å². The summed E-state index contributed by atoms with van der Waals surface area (Å²) in [5.41, 5.74) is 2.27. The molecule has 2 aromatic rings. The molecular formula is C23H30N4O5S. The minimum absolute atomic E-state index is 0.170. The van der Waals surface area contributed by atoms with Crippen LogP contribution in [-0.4, -0.2) is 76.0 Å². The Bertz CT molecular complexity index is 1060. The minimum atomic E-state index is -3.53. The van der Waals surface area contributed by atoms with Gasteiger partial charge in [-0.2, -0.15) is 4.31 Å². The lowest BCUT2D eigenvalue weighted by atomic mass is 10.2. The molecule has 0 radical (unpaired) electrons. The Hall–Kier alpha value is -2.95. The van der Waals surface area contributed by atoms with Crippen molar-refractivity contribution in [3.63, 3.8) is 0 Å². The molecule has 0 aliphatic carbocycles. The van der Waals surface area contributed by atoms with E-state index in [0.717, 1.165) is 5.56 Å². The van der Waals surface area contributed by atoms with E-state index in [9.17, 15) is 18.0 Å². The summed E-state index contributed by atoms with van der Waals surface area (Å²) >= 11 is 0. The molecule has 1 aliphatic heterocycles. The number of nitrogens with one attached hydrogen (secondary N) is 1. The van der Waals surface area contributed by atoms with E-state index in [-0.39, 0.29) is 17.3 Å². The quantitative estimate of drug-likeness (QED) is 0.662. The lowest BCUT2D eigenvalue weighted by Crippen LogP contribution is -2.50. The molecule has 1 saturated heterocycles. The van der Waals surface area contributed by atoms with Gasteiger partial charge >= 0.3 is 6.09 Å². The van der Waals surface area contributed by atoms with Gasteiger partial charge in [0.1, 0.15) is 0 Å². The fraction of sp³-hybridized carbons (Fsp3) is 0.391. The number of aryl methyl sites for hydroxylation is 1. The van der Waals surface area contributed by atoms with Crippen molar-refractivity contribution in [1.29, 1.82) is 0 Å². The highest BCUT2D eigenvalue weighted by molar-refractivity contribution is 7.89. The Morgan fingerprint density at radius 2 is 1.61 bits per heavy atom. The van der Waals surface area contributed by atoms with E-state index < -0.39 is 16.1 Å². The van der Waals surface area contributed by atoms with Crippen molar-refractivity contribution < 1.29 is 22.7 Å². The topological polar surface area (TPSA) is 99.3 Å². The van der Waals surface area contributed by atoms with E-state index in [1.165, 1.54) is 9.21 Å². The third-order valence-corrected chi connectivity index (χ3v) is 7.35. The zero-order chi connectivity index (χ0) is 24.0. The maximum Gasteiger partial charge on any atom is 0.413 e. The molecule has 3 rings (SSSR count). The Labute approximate surface area is 195 Å². The van der Waals surface area contributed by atoms with Crippen molar-refractivity contribution in [3.8, 4) is 0 Å². The zero-order valence-electron chi connectivity index (χ0n) is 19.2. The first-order valence-corrected chi connectivity index (χ1v) is 12.2. The molecular weight excluding hydrogens is 444 g/mol. The van der Waals surface area contributed by atoms with Crippen molar-refractivity contribution in [2.75, 3.05) is 56.6 Å². The largest absolute Gasteiger partial charge is 0.449 e. The monoisotopic (exact) mass is 474 g/mol. The maximum atomic E-state index is 12.8. The molecule has 0 unspecified atom stereocenters. The van der Waals surface area contributed by atoms with Gasteiger partial charge in [0.25, 0.3) is 0 Å². The first-order chi connectivity index (χ1) is 15.7. The number of anilines is 2. The van der Waals surface area contributed by atoms with Gasteiger partial charge in [-0.15, -0.1) is 0 Å². The van der Waals surface area contributed by atoms with Crippen LogP contribution in [0.25, 0.3) is 0 Å². The Kier molecular flexibility index (Phi) is 8.06. The van der Waals surface area contributed by atoms with Crippen LogP contribution in [0.3, 0.4) is 0 Å². The van der Waals surface area contributed by atoms with Gasteiger partial charge in [0.2, 0.25) is 15.9 Å². The number of amides is 2. The molecule has 0 aromatic heterocycles. The second-order valence-electron chi connectivity index (χ2n) is 7.85. The van der Waals surface area contributed by atoms with Crippen LogP contribution in [0.1, 0.15) is 12.5 Å². The molecule has 1 heterocycles. The molecule has 2 amide bonds. The minimum Gasteiger partial charge on any atom is -0.449 e. The third-order valence-electron chi connectivity index (χ3n) is 5.44.